The minimum atomic E-state index is -0.230. The summed E-state index contributed by atoms with van der Waals surface area (Å²) in [5, 5.41) is 1.13. The van der Waals surface area contributed by atoms with Crippen LogP contribution < -0.4 is 10.5 Å². The maximum Gasteiger partial charge on any atom is 0.254 e. The Morgan fingerprint density at radius 3 is 2.70 bits per heavy atom. The third-order valence-electron chi connectivity index (χ3n) is 8.72. The number of nitrogens with zero attached hydrogens (tertiary/aromatic N) is 5. The van der Waals surface area contributed by atoms with E-state index in [0.717, 1.165) is 66.0 Å². The molecule has 0 radical (unpaired) electrons. The molecule has 4 aromatic heterocycles. The van der Waals surface area contributed by atoms with Gasteiger partial charge in [-0.05, 0) is 75.6 Å². The molecule has 0 spiro atoms. The highest BCUT2D eigenvalue weighted by Crippen LogP contribution is 2.41. The van der Waals surface area contributed by atoms with Crippen molar-refractivity contribution in [3.05, 3.63) is 47.3 Å². The Kier molecular flexibility index (Phi) is 4.96. The zero-order chi connectivity index (χ0) is 25.5. The average Bonchev–Trinajstić information content (AvgIpc) is 3.23. The van der Waals surface area contributed by atoms with Crippen molar-refractivity contribution in [2.45, 2.75) is 70.5 Å². The number of amides is 1. The summed E-state index contributed by atoms with van der Waals surface area (Å²) in [7, 11) is 1.65. The molecule has 8 heteroatoms. The van der Waals surface area contributed by atoms with E-state index >= 15 is 0 Å². The van der Waals surface area contributed by atoms with Crippen LogP contribution in [0.25, 0.3) is 28.1 Å². The zero-order valence-corrected chi connectivity index (χ0v) is 21.8. The van der Waals surface area contributed by atoms with E-state index in [1.165, 1.54) is 12.8 Å². The number of imidazole rings is 1. The number of likely N-dealkylation sites (tertiary alicyclic amines) is 1. The third kappa shape index (κ3) is 3.56. The molecule has 2 N–H and O–H groups in total. The molecule has 192 valence electrons. The van der Waals surface area contributed by atoms with Crippen LogP contribution >= 0.6 is 0 Å². The molecule has 4 aromatic rings. The van der Waals surface area contributed by atoms with E-state index in [9.17, 15) is 4.79 Å². The fourth-order valence-electron chi connectivity index (χ4n) is 6.50. The van der Waals surface area contributed by atoms with Crippen molar-refractivity contribution < 1.29 is 9.53 Å². The first-order valence-electron chi connectivity index (χ1n) is 13.5. The second-order valence-corrected chi connectivity index (χ2v) is 11.4. The van der Waals surface area contributed by atoms with Gasteiger partial charge in [-0.3, -0.25) is 9.20 Å². The van der Waals surface area contributed by atoms with E-state index in [1.54, 1.807) is 7.11 Å². The number of carbonyl (C=O) groups excluding carboxylic acids is 1. The molecule has 1 saturated heterocycles. The molecular weight excluding hydrogens is 464 g/mol. The third-order valence-corrected chi connectivity index (χ3v) is 8.72. The van der Waals surface area contributed by atoms with Gasteiger partial charge in [0.15, 0.2) is 5.88 Å². The lowest BCUT2D eigenvalue weighted by Gasteiger charge is -2.30. The van der Waals surface area contributed by atoms with E-state index < -0.39 is 0 Å². The van der Waals surface area contributed by atoms with Crippen LogP contribution in [0.4, 0.5) is 0 Å². The summed E-state index contributed by atoms with van der Waals surface area (Å²) in [6.45, 7) is 5.78. The van der Waals surface area contributed by atoms with Crippen molar-refractivity contribution in [3.8, 4) is 17.3 Å². The number of hydrogen-bond acceptors (Lipinski definition) is 5. The van der Waals surface area contributed by atoms with E-state index in [1.807, 2.05) is 21.4 Å². The molecule has 0 aromatic carbocycles. The van der Waals surface area contributed by atoms with Gasteiger partial charge < -0.3 is 19.9 Å². The van der Waals surface area contributed by atoms with Crippen LogP contribution in [-0.2, 0) is 13.0 Å². The van der Waals surface area contributed by atoms with E-state index in [-0.39, 0.29) is 17.5 Å². The van der Waals surface area contributed by atoms with Gasteiger partial charge in [-0.25, -0.2) is 9.97 Å². The minimum absolute atomic E-state index is 0.0131. The lowest BCUT2D eigenvalue weighted by Crippen LogP contribution is -2.46. The maximum absolute atomic E-state index is 13.6. The highest BCUT2D eigenvalue weighted by molar-refractivity contribution is 5.96. The predicted octanol–water partition coefficient (Wildman–Crippen LogP) is 4.35. The van der Waals surface area contributed by atoms with Gasteiger partial charge >= 0.3 is 0 Å². The quantitative estimate of drug-likeness (QED) is 0.427. The van der Waals surface area contributed by atoms with Gasteiger partial charge in [0.25, 0.3) is 5.91 Å². The van der Waals surface area contributed by atoms with Crippen molar-refractivity contribution in [2.75, 3.05) is 13.7 Å². The molecule has 37 heavy (non-hydrogen) atoms. The number of nitrogens with two attached hydrogens (primary N) is 1. The molecule has 3 aliphatic rings. The van der Waals surface area contributed by atoms with Crippen LogP contribution in [0.1, 0.15) is 60.8 Å². The summed E-state index contributed by atoms with van der Waals surface area (Å²) in [5.74, 6) is 1.32. The molecule has 7 rings (SSSR count). The van der Waals surface area contributed by atoms with Crippen LogP contribution in [0.2, 0.25) is 0 Å². The summed E-state index contributed by atoms with van der Waals surface area (Å²) in [6, 6.07) is 10.5. The standard InChI is InChI=1S/C29H34N6O2/c1-4-21-8-7-19-11-23(33(27(19)31-21)15-18-5-6-18)26-17(2)35-24(32-26)12-20(13-25(35)37-3)28(36)34-16-29(30)10-9-22(34)14-29/h7-8,11-13,18,22H,4-6,9-10,14-16,30H2,1-3H3/t22-,29-/m0/s1. The molecule has 2 aliphatic carbocycles. The first kappa shape index (κ1) is 22.8. The van der Waals surface area contributed by atoms with E-state index in [4.69, 9.17) is 20.4 Å². The number of carbonyl (C=O) groups is 1. The summed E-state index contributed by atoms with van der Waals surface area (Å²) >= 11 is 0. The number of fused-ring (bicyclic) bond motifs is 4. The first-order chi connectivity index (χ1) is 17.9. The number of rotatable bonds is 6. The second-order valence-electron chi connectivity index (χ2n) is 11.4. The highest BCUT2D eigenvalue weighted by Gasteiger charge is 2.48. The summed E-state index contributed by atoms with van der Waals surface area (Å²) in [6.07, 6.45) is 6.30. The normalized spacial score (nSPS) is 23.0. The van der Waals surface area contributed by atoms with Crippen LogP contribution in [0.5, 0.6) is 5.88 Å². The molecule has 5 heterocycles. The number of piperidine rings is 1. The number of ether oxygens (including phenoxy) is 1. The van der Waals surface area contributed by atoms with Crippen molar-refractivity contribution in [1.82, 2.24) is 23.8 Å². The number of methoxy groups -OCH3 is 1. The smallest absolute Gasteiger partial charge is 0.254 e. The summed E-state index contributed by atoms with van der Waals surface area (Å²) < 4.78 is 10.2. The van der Waals surface area contributed by atoms with Crippen LogP contribution in [-0.4, -0.2) is 55.0 Å². The fourth-order valence-corrected chi connectivity index (χ4v) is 6.50. The Hall–Kier alpha value is -3.39. The second kappa shape index (κ2) is 8.05. The number of aromatic nitrogens is 4. The van der Waals surface area contributed by atoms with Gasteiger partial charge in [-0.2, -0.15) is 0 Å². The van der Waals surface area contributed by atoms with Gasteiger partial charge in [-0.15, -0.1) is 0 Å². The number of aryl methyl sites for hydroxylation is 2. The van der Waals surface area contributed by atoms with Gasteiger partial charge in [0.1, 0.15) is 17.0 Å². The molecule has 1 amide bonds. The Morgan fingerprint density at radius 1 is 1.19 bits per heavy atom. The first-order valence-corrected chi connectivity index (χ1v) is 13.5. The summed E-state index contributed by atoms with van der Waals surface area (Å²) in [5.41, 5.74) is 12.7. The molecule has 2 bridgehead atoms. The van der Waals surface area contributed by atoms with E-state index in [0.29, 0.717) is 29.6 Å². The van der Waals surface area contributed by atoms with E-state index in [2.05, 4.69) is 36.6 Å². The maximum atomic E-state index is 13.6. The van der Waals surface area contributed by atoms with Gasteiger partial charge in [-0.1, -0.05) is 6.92 Å². The lowest BCUT2D eigenvalue weighted by molar-refractivity contribution is 0.0695. The lowest BCUT2D eigenvalue weighted by atomic mass is 10.0. The van der Waals surface area contributed by atoms with Gasteiger partial charge in [0.05, 0.1) is 18.5 Å². The summed E-state index contributed by atoms with van der Waals surface area (Å²) in [4.78, 5) is 25.6. The van der Waals surface area contributed by atoms with Crippen molar-refractivity contribution in [1.29, 1.82) is 0 Å². The van der Waals surface area contributed by atoms with Crippen molar-refractivity contribution in [2.24, 2.45) is 11.7 Å². The van der Waals surface area contributed by atoms with Crippen molar-refractivity contribution in [3.63, 3.8) is 0 Å². The van der Waals surface area contributed by atoms with Crippen LogP contribution in [0.3, 0.4) is 0 Å². The molecule has 1 aliphatic heterocycles. The molecule has 0 unspecified atom stereocenters. The number of pyridine rings is 2. The van der Waals surface area contributed by atoms with Gasteiger partial charge in [0.2, 0.25) is 0 Å². The Balaban J connectivity index is 1.35. The fraction of sp³-hybridized carbons (Fsp3) is 0.483. The Morgan fingerprint density at radius 2 is 2.03 bits per heavy atom. The zero-order valence-electron chi connectivity index (χ0n) is 21.8. The molecule has 2 saturated carbocycles. The number of hydrogen-bond donors (Lipinski definition) is 1. The van der Waals surface area contributed by atoms with Gasteiger partial charge in [0, 0.05) is 47.4 Å². The van der Waals surface area contributed by atoms with Crippen LogP contribution in [0.15, 0.2) is 30.3 Å². The Bertz CT molecular complexity index is 1560. The molecule has 8 nitrogen and oxygen atoms in total. The highest BCUT2D eigenvalue weighted by atomic mass is 16.5. The topological polar surface area (TPSA) is 90.7 Å². The molecule has 3 fully saturated rings. The largest absolute Gasteiger partial charge is 0.482 e. The average molecular weight is 499 g/mol. The predicted molar refractivity (Wildman–Crippen MR) is 143 cm³/mol. The van der Waals surface area contributed by atoms with Crippen LogP contribution in [0, 0.1) is 12.8 Å². The SMILES string of the molecule is CCc1ccc2cc(-c3nc4cc(C(=O)N5C[C@]6(N)CC[C@H]5C6)cc(OC)n4c3C)n(CC3CC3)c2n1. The Labute approximate surface area is 216 Å². The molecule has 2 atom stereocenters. The minimum Gasteiger partial charge on any atom is -0.482 e. The monoisotopic (exact) mass is 498 g/mol. The molecular formula is C29H34N6O2. The van der Waals surface area contributed by atoms with Crippen molar-refractivity contribution >= 4 is 22.6 Å².